The van der Waals surface area contributed by atoms with Gasteiger partial charge in [0.1, 0.15) is 0 Å². The van der Waals surface area contributed by atoms with Gasteiger partial charge in [0.25, 0.3) is 0 Å². The molecule has 2 heterocycles. The van der Waals surface area contributed by atoms with Crippen LogP contribution in [0.5, 0.6) is 0 Å². The maximum absolute atomic E-state index is 12.7. The molecule has 6 heteroatoms. The van der Waals surface area contributed by atoms with Crippen LogP contribution in [0.2, 0.25) is 5.02 Å². The van der Waals surface area contributed by atoms with Crippen molar-refractivity contribution in [2.24, 2.45) is 0 Å². The number of carbonyl (C=O) groups is 2. The van der Waals surface area contributed by atoms with Gasteiger partial charge < -0.3 is 9.42 Å². The Morgan fingerprint density at radius 1 is 1.03 bits per heavy atom. The molecule has 0 N–H and O–H groups in total. The van der Waals surface area contributed by atoms with Gasteiger partial charge in [-0.3, -0.25) is 9.59 Å². The van der Waals surface area contributed by atoms with E-state index in [4.69, 9.17) is 16.1 Å². The summed E-state index contributed by atoms with van der Waals surface area (Å²) in [6.07, 6.45) is 1.94. The highest BCUT2D eigenvalue weighted by atomic mass is 35.5. The molecular weight excluding hydrogens is 388 g/mol. The molecule has 1 aliphatic rings. The predicted molar refractivity (Wildman–Crippen MR) is 111 cm³/mol. The number of halogens is 1. The van der Waals surface area contributed by atoms with E-state index in [1.165, 1.54) is 0 Å². The number of amides is 1. The van der Waals surface area contributed by atoms with Gasteiger partial charge >= 0.3 is 0 Å². The number of Topliss-reactive ketones (excluding diaryl/α,β-unsaturated/α-hetero) is 1. The fraction of sp³-hybridized carbons (Fsp3) is 0.261. The van der Waals surface area contributed by atoms with Crippen LogP contribution in [0.4, 0.5) is 0 Å². The lowest BCUT2D eigenvalue weighted by Gasteiger charge is -2.26. The van der Waals surface area contributed by atoms with Crippen molar-refractivity contribution < 1.29 is 14.1 Å². The lowest BCUT2D eigenvalue weighted by atomic mass is 10.0. The summed E-state index contributed by atoms with van der Waals surface area (Å²) in [7, 11) is 0. The second-order valence-corrected chi connectivity index (χ2v) is 7.59. The van der Waals surface area contributed by atoms with E-state index in [-0.39, 0.29) is 11.7 Å². The van der Waals surface area contributed by atoms with E-state index >= 15 is 0 Å². The lowest BCUT2D eigenvalue weighted by Crippen LogP contribution is -2.35. The van der Waals surface area contributed by atoms with Gasteiger partial charge in [-0.2, -0.15) is 0 Å². The fourth-order valence-electron chi connectivity index (χ4n) is 3.58. The summed E-state index contributed by atoms with van der Waals surface area (Å²) in [5, 5.41) is 4.83. The monoisotopic (exact) mass is 408 g/mol. The molecule has 0 aliphatic carbocycles. The SMILES string of the molecule is O=C(CCCC(=O)N1CCc2noc(-c3ccc(Cl)cc3)c2C1)c1ccccc1. The number of fused-ring (bicyclic) bond motifs is 1. The Bertz CT molecular complexity index is 1010. The van der Waals surface area contributed by atoms with E-state index < -0.39 is 0 Å². The van der Waals surface area contributed by atoms with Gasteiger partial charge in [0.15, 0.2) is 11.5 Å². The van der Waals surface area contributed by atoms with Crippen molar-refractivity contribution in [3.63, 3.8) is 0 Å². The Balaban J connectivity index is 1.37. The average Bonchev–Trinajstić information content (AvgIpc) is 3.18. The molecule has 2 aromatic carbocycles. The van der Waals surface area contributed by atoms with E-state index in [2.05, 4.69) is 5.16 Å². The number of rotatable bonds is 6. The summed E-state index contributed by atoms with van der Waals surface area (Å²) in [4.78, 5) is 26.7. The number of benzene rings is 2. The molecule has 0 bridgehead atoms. The molecular formula is C23H21ClN2O3. The van der Waals surface area contributed by atoms with Crippen LogP contribution in [0.15, 0.2) is 59.1 Å². The highest BCUT2D eigenvalue weighted by molar-refractivity contribution is 6.30. The standard InChI is InChI=1S/C23H21ClN2O3/c24-18-11-9-17(10-12-18)23-19-15-26(14-13-20(19)25-29-23)22(28)8-4-7-21(27)16-5-2-1-3-6-16/h1-3,5-6,9-12H,4,7-8,13-15H2. The number of aromatic nitrogens is 1. The summed E-state index contributed by atoms with van der Waals surface area (Å²) in [5.74, 6) is 0.816. The van der Waals surface area contributed by atoms with Crippen molar-refractivity contribution in [3.8, 4) is 11.3 Å². The number of nitrogens with zero attached hydrogens (tertiary/aromatic N) is 2. The molecule has 5 nitrogen and oxygen atoms in total. The first-order valence-corrected chi connectivity index (χ1v) is 10.1. The molecule has 29 heavy (non-hydrogen) atoms. The maximum atomic E-state index is 12.7. The van der Waals surface area contributed by atoms with Crippen LogP contribution in [0, 0.1) is 0 Å². The Morgan fingerprint density at radius 3 is 2.55 bits per heavy atom. The number of hydrogen-bond acceptors (Lipinski definition) is 4. The summed E-state index contributed by atoms with van der Waals surface area (Å²) >= 11 is 5.97. The van der Waals surface area contributed by atoms with Gasteiger partial charge in [-0.15, -0.1) is 0 Å². The van der Waals surface area contributed by atoms with Crippen LogP contribution in [0.1, 0.15) is 40.9 Å². The van der Waals surface area contributed by atoms with Crippen LogP contribution >= 0.6 is 11.6 Å². The Labute approximate surface area is 174 Å². The van der Waals surface area contributed by atoms with Gasteiger partial charge in [0.2, 0.25) is 5.91 Å². The number of carbonyl (C=O) groups excluding carboxylic acids is 2. The third-order valence-electron chi connectivity index (χ3n) is 5.19. The summed E-state index contributed by atoms with van der Waals surface area (Å²) in [6, 6.07) is 16.6. The molecule has 1 amide bonds. The van der Waals surface area contributed by atoms with E-state index in [0.29, 0.717) is 55.1 Å². The average molecular weight is 409 g/mol. The van der Waals surface area contributed by atoms with Gasteiger partial charge in [-0.25, -0.2) is 0 Å². The lowest BCUT2D eigenvalue weighted by molar-refractivity contribution is -0.132. The third-order valence-corrected chi connectivity index (χ3v) is 5.44. The predicted octanol–water partition coefficient (Wildman–Crippen LogP) is 4.93. The van der Waals surface area contributed by atoms with E-state index in [1.54, 1.807) is 24.3 Å². The molecule has 4 rings (SSSR count). The van der Waals surface area contributed by atoms with Crippen molar-refractivity contribution in [1.29, 1.82) is 0 Å². The zero-order valence-electron chi connectivity index (χ0n) is 15.9. The minimum absolute atomic E-state index is 0.0553. The Morgan fingerprint density at radius 2 is 1.79 bits per heavy atom. The smallest absolute Gasteiger partial charge is 0.222 e. The fourth-order valence-corrected chi connectivity index (χ4v) is 3.71. The van der Waals surface area contributed by atoms with Crippen LogP contribution in [-0.2, 0) is 17.8 Å². The van der Waals surface area contributed by atoms with Crippen molar-refractivity contribution in [1.82, 2.24) is 10.1 Å². The Kier molecular flexibility index (Phi) is 5.76. The highest BCUT2D eigenvalue weighted by Gasteiger charge is 2.27. The van der Waals surface area contributed by atoms with Crippen LogP contribution in [-0.4, -0.2) is 28.3 Å². The largest absolute Gasteiger partial charge is 0.356 e. The first-order valence-electron chi connectivity index (χ1n) is 9.71. The van der Waals surface area contributed by atoms with Crippen molar-refractivity contribution in [2.45, 2.75) is 32.2 Å². The van der Waals surface area contributed by atoms with E-state index in [1.807, 2.05) is 35.2 Å². The highest BCUT2D eigenvalue weighted by Crippen LogP contribution is 2.31. The first kappa shape index (κ1) is 19.4. The summed E-state index contributed by atoms with van der Waals surface area (Å²) in [5.41, 5.74) is 3.44. The molecule has 0 spiro atoms. The molecule has 0 saturated heterocycles. The maximum Gasteiger partial charge on any atom is 0.222 e. The van der Waals surface area contributed by atoms with Crippen LogP contribution in [0.3, 0.4) is 0 Å². The van der Waals surface area contributed by atoms with Gasteiger partial charge in [-0.1, -0.05) is 47.1 Å². The molecule has 1 aromatic heterocycles. The normalized spacial score (nSPS) is 13.2. The van der Waals surface area contributed by atoms with Gasteiger partial charge in [0.05, 0.1) is 12.2 Å². The molecule has 0 fully saturated rings. The zero-order valence-corrected chi connectivity index (χ0v) is 16.7. The second-order valence-electron chi connectivity index (χ2n) is 7.15. The van der Waals surface area contributed by atoms with Crippen LogP contribution in [0.25, 0.3) is 11.3 Å². The van der Waals surface area contributed by atoms with Crippen LogP contribution < -0.4 is 0 Å². The molecule has 1 aliphatic heterocycles. The minimum atomic E-state index is 0.0553. The second kappa shape index (κ2) is 8.62. The van der Waals surface area contributed by atoms with Gasteiger partial charge in [-0.05, 0) is 30.7 Å². The van der Waals surface area contributed by atoms with Gasteiger partial charge in [0, 0.05) is 47.5 Å². The molecule has 0 atom stereocenters. The minimum Gasteiger partial charge on any atom is -0.356 e. The molecule has 0 radical (unpaired) electrons. The molecule has 148 valence electrons. The Hall–Kier alpha value is -2.92. The first-order chi connectivity index (χ1) is 14.1. The van der Waals surface area contributed by atoms with E-state index in [0.717, 1.165) is 16.8 Å². The quantitative estimate of drug-likeness (QED) is 0.542. The number of hydrogen-bond donors (Lipinski definition) is 0. The summed E-state index contributed by atoms with van der Waals surface area (Å²) < 4.78 is 5.56. The molecule has 3 aromatic rings. The topological polar surface area (TPSA) is 63.4 Å². The van der Waals surface area contributed by atoms with E-state index in [9.17, 15) is 9.59 Å². The van der Waals surface area contributed by atoms with Crippen molar-refractivity contribution in [2.75, 3.05) is 6.54 Å². The molecule has 0 saturated carbocycles. The van der Waals surface area contributed by atoms with Crippen molar-refractivity contribution >= 4 is 23.3 Å². The molecule has 0 unspecified atom stereocenters. The summed E-state index contributed by atoms with van der Waals surface area (Å²) in [6.45, 7) is 1.09. The van der Waals surface area contributed by atoms with Crippen molar-refractivity contribution in [3.05, 3.63) is 76.4 Å². The third kappa shape index (κ3) is 4.40. The zero-order chi connectivity index (χ0) is 20.2. The number of ketones is 1.